The van der Waals surface area contributed by atoms with E-state index in [1.54, 1.807) is 7.11 Å². The van der Waals surface area contributed by atoms with E-state index in [1.807, 2.05) is 6.07 Å². The average molecular weight is 220 g/mol. The van der Waals surface area contributed by atoms with Crippen LogP contribution in [0.5, 0.6) is 5.75 Å². The number of anilines is 2. The summed E-state index contributed by atoms with van der Waals surface area (Å²) in [6.45, 7) is 6.59. The lowest BCUT2D eigenvalue weighted by atomic mass is 9.93. The molecule has 0 aliphatic carbocycles. The van der Waals surface area contributed by atoms with Crippen molar-refractivity contribution >= 4 is 11.4 Å². The van der Waals surface area contributed by atoms with Crippen molar-refractivity contribution in [3.05, 3.63) is 18.2 Å². The van der Waals surface area contributed by atoms with E-state index in [0.29, 0.717) is 0 Å². The fourth-order valence-electron chi connectivity index (χ4n) is 2.23. The third-order valence-corrected chi connectivity index (χ3v) is 3.04. The van der Waals surface area contributed by atoms with Crippen LogP contribution in [0, 0.1) is 5.41 Å². The third kappa shape index (κ3) is 2.08. The normalized spacial score (nSPS) is 18.4. The minimum Gasteiger partial charge on any atom is -0.497 e. The minimum atomic E-state index is 0.279. The van der Waals surface area contributed by atoms with Crippen LogP contribution in [0.4, 0.5) is 11.4 Å². The maximum Gasteiger partial charge on any atom is 0.121 e. The Morgan fingerprint density at radius 1 is 1.38 bits per heavy atom. The number of benzene rings is 1. The number of ether oxygens (including phenoxy) is 1. The largest absolute Gasteiger partial charge is 0.497 e. The quantitative estimate of drug-likeness (QED) is 0.787. The first-order valence-corrected chi connectivity index (χ1v) is 5.65. The molecular weight excluding hydrogens is 200 g/mol. The van der Waals surface area contributed by atoms with Gasteiger partial charge in [-0.1, -0.05) is 13.8 Å². The molecule has 0 saturated heterocycles. The molecule has 1 heterocycles. The molecule has 0 fully saturated rings. The van der Waals surface area contributed by atoms with Crippen LogP contribution in [0.15, 0.2) is 18.2 Å². The molecule has 1 N–H and O–H groups in total. The zero-order valence-electron chi connectivity index (χ0n) is 10.5. The van der Waals surface area contributed by atoms with Crippen LogP contribution in [0.1, 0.15) is 13.8 Å². The van der Waals surface area contributed by atoms with E-state index in [1.165, 1.54) is 5.69 Å². The van der Waals surface area contributed by atoms with Crippen molar-refractivity contribution in [2.75, 3.05) is 37.5 Å². The van der Waals surface area contributed by atoms with Crippen LogP contribution in [0.25, 0.3) is 0 Å². The van der Waals surface area contributed by atoms with E-state index >= 15 is 0 Å². The molecule has 1 aliphatic rings. The Kier molecular flexibility index (Phi) is 2.70. The minimum absolute atomic E-state index is 0.279. The molecule has 1 aromatic rings. The highest BCUT2D eigenvalue weighted by Gasteiger charge is 2.25. The predicted molar refractivity (Wildman–Crippen MR) is 68.5 cm³/mol. The van der Waals surface area contributed by atoms with Gasteiger partial charge in [-0.2, -0.15) is 0 Å². The predicted octanol–water partition coefficient (Wildman–Crippen LogP) is 2.58. The summed E-state index contributed by atoms with van der Waals surface area (Å²) >= 11 is 0. The molecule has 0 bridgehead atoms. The van der Waals surface area contributed by atoms with Crippen molar-refractivity contribution in [1.29, 1.82) is 0 Å². The first kappa shape index (κ1) is 11.1. The van der Waals surface area contributed by atoms with Crippen molar-refractivity contribution in [1.82, 2.24) is 0 Å². The van der Waals surface area contributed by atoms with Gasteiger partial charge >= 0.3 is 0 Å². The first-order valence-electron chi connectivity index (χ1n) is 5.65. The molecule has 0 spiro atoms. The topological polar surface area (TPSA) is 24.5 Å². The smallest absolute Gasteiger partial charge is 0.121 e. The third-order valence-electron chi connectivity index (χ3n) is 3.04. The first-order chi connectivity index (χ1) is 7.52. The number of rotatable bonds is 1. The van der Waals surface area contributed by atoms with Gasteiger partial charge in [0.2, 0.25) is 0 Å². The van der Waals surface area contributed by atoms with Gasteiger partial charge in [-0.25, -0.2) is 0 Å². The van der Waals surface area contributed by atoms with Crippen molar-refractivity contribution in [2.45, 2.75) is 13.8 Å². The molecule has 0 aromatic heterocycles. The van der Waals surface area contributed by atoms with E-state index in [-0.39, 0.29) is 5.41 Å². The lowest BCUT2D eigenvalue weighted by Gasteiger charge is -2.27. The molecule has 16 heavy (non-hydrogen) atoms. The van der Waals surface area contributed by atoms with Gasteiger partial charge < -0.3 is 15.0 Å². The van der Waals surface area contributed by atoms with Crippen LogP contribution >= 0.6 is 0 Å². The maximum atomic E-state index is 5.25. The Morgan fingerprint density at radius 2 is 2.12 bits per heavy atom. The van der Waals surface area contributed by atoms with E-state index in [9.17, 15) is 0 Å². The number of hydrogen-bond donors (Lipinski definition) is 1. The number of hydrogen-bond acceptors (Lipinski definition) is 3. The molecule has 0 radical (unpaired) electrons. The summed E-state index contributed by atoms with van der Waals surface area (Å²) < 4.78 is 5.25. The average Bonchev–Trinajstić information content (AvgIpc) is 2.35. The van der Waals surface area contributed by atoms with E-state index in [0.717, 1.165) is 24.5 Å². The summed E-state index contributed by atoms with van der Waals surface area (Å²) in [5.74, 6) is 0.902. The molecule has 2 rings (SSSR count). The van der Waals surface area contributed by atoms with Crippen molar-refractivity contribution in [3.63, 3.8) is 0 Å². The fourth-order valence-corrected chi connectivity index (χ4v) is 2.23. The highest BCUT2D eigenvalue weighted by atomic mass is 16.5. The van der Waals surface area contributed by atoms with E-state index in [2.05, 4.69) is 43.2 Å². The molecule has 88 valence electrons. The lowest BCUT2D eigenvalue weighted by molar-refractivity contribution is 0.403. The van der Waals surface area contributed by atoms with Crippen LogP contribution in [0.3, 0.4) is 0 Å². The Hall–Kier alpha value is -1.38. The summed E-state index contributed by atoms with van der Waals surface area (Å²) in [5, 5.41) is 3.50. The van der Waals surface area contributed by atoms with Gasteiger partial charge in [0.1, 0.15) is 5.75 Å². The van der Waals surface area contributed by atoms with E-state index in [4.69, 9.17) is 4.74 Å². The van der Waals surface area contributed by atoms with Gasteiger partial charge in [0, 0.05) is 26.2 Å². The number of methoxy groups -OCH3 is 1. The second-order valence-electron chi connectivity index (χ2n) is 5.26. The zero-order chi connectivity index (χ0) is 11.8. The Bertz CT molecular complexity index is 388. The lowest BCUT2D eigenvalue weighted by Crippen LogP contribution is -2.33. The van der Waals surface area contributed by atoms with Gasteiger partial charge in [-0.05, 0) is 17.5 Å². The van der Waals surface area contributed by atoms with Gasteiger partial charge in [0.05, 0.1) is 18.5 Å². The van der Waals surface area contributed by atoms with Crippen LogP contribution in [0.2, 0.25) is 0 Å². The summed E-state index contributed by atoms with van der Waals surface area (Å²) in [7, 11) is 3.84. The van der Waals surface area contributed by atoms with Gasteiger partial charge in [0.15, 0.2) is 0 Å². The van der Waals surface area contributed by atoms with Crippen LogP contribution < -0.4 is 15.0 Å². The van der Waals surface area contributed by atoms with Gasteiger partial charge in [0.25, 0.3) is 0 Å². The molecule has 1 aromatic carbocycles. The highest BCUT2D eigenvalue weighted by Crippen LogP contribution is 2.34. The monoisotopic (exact) mass is 220 g/mol. The Labute approximate surface area is 97.4 Å². The number of nitrogens with one attached hydrogen (secondary N) is 1. The molecule has 1 aliphatic heterocycles. The molecular formula is C13H20N2O. The Morgan fingerprint density at radius 3 is 2.81 bits per heavy atom. The van der Waals surface area contributed by atoms with Gasteiger partial charge in [-0.15, -0.1) is 0 Å². The molecule has 3 heteroatoms. The second kappa shape index (κ2) is 3.89. The van der Waals surface area contributed by atoms with E-state index < -0.39 is 0 Å². The summed E-state index contributed by atoms with van der Waals surface area (Å²) in [6.07, 6.45) is 0. The molecule has 0 atom stereocenters. The SMILES string of the molecule is COc1ccc2c(c1)NCC(C)(C)CN2C. The molecule has 3 nitrogen and oxygen atoms in total. The highest BCUT2D eigenvalue weighted by molar-refractivity contribution is 5.72. The molecule has 0 saturated carbocycles. The number of nitrogens with zero attached hydrogens (tertiary/aromatic N) is 1. The van der Waals surface area contributed by atoms with Gasteiger partial charge in [-0.3, -0.25) is 0 Å². The summed E-state index contributed by atoms with van der Waals surface area (Å²) in [4.78, 5) is 2.30. The summed E-state index contributed by atoms with van der Waals surface area (Å²) in [6, 6.07) is 6.19. The summed E-state index contributed by atoms with van der Waals surface area (Å²) in [5.41, 5.74) is 2.68. The van der Waals surface area contributed by atoms with Crippen molar-refractivity contribution in [2.24, 2.45) is 5.41 Å². The van der Waals surface area contributed by atoms with Crippen LogP contribution in [-0.4, -0.2) is 27.2 Å². The van der Waals surface area contributed by atoms with Crippen molar-refractivity contribution < 1.29 is 4.74 Å². The maximum absolute atomic E-state index is 5.25. The number of fused-ring (bicyclic) bond motifs is 1. The Balaban J connectivity index is 2.36. The molecule has 0 amide bonds. The standard InChI is InChI=1S/C13H20N2O/c1-13(2)8-14-11-7-10(16-4)5-6-12(11)15(3)9-13/h5-7,14H,8-9H2,1-4H3. The van der Waals surface area contributed by atoms with Crippen LogP contribution in [-0.2, 0) is 0 Å². The second-order valence-corrected chi connectivity index (χ2v) is 5.26. The zero-order valence-corrected chi connectivity index (χ0v) is 10.5. The fraction of sp³-hybridized carbons (Fsp3) is 0.538. The van der Waals surface area contributed by atoms with Crippen molar-refractivity contribution in [3.8, 4) is 5.75 Å². The molecule has 0 unspecified atom stereocenters.